The van der Waals surface area contributed by atoms with Crippen LogP contribution < -0.4 is 5.73 Å². The largest absolute Gasteiger partial charge is 0.327 e. The van der Waals surface area contributed by atoms with Crippen molar-refractivity contribution in [3.05, 3.63) is 34.1 Å². The first-order chi connectivity index (χ1) is 7.16. The molecule has 0 aliphatic heterocycles. The summed E-state index contributed by atoms with van der Waals surface area (Å²) in [5.74, 6) is 0.339. The number of rotatable bonds is 2. The molecule has 2 rings (SSSR count). The van der Waals surface area contributed by atoms with E-state index in [4.69, 9.17) is 5.73 Å². The van der Waals surface area contributed by atoms with E-state index in [1.807, 2.05) is 6.07 Å². The van der Waals surface area contributed by atoms with E-state index in [1.54, 1.807) is 6.07 Å². The molecule has 0 bridgehead atoms. The lowest BCUT2D eigenvalue weighted by atomic mass is 9.95. The van der Waals surface area contributed by atoms with E-state index in [9.17, 15) is 4.39 Å². The highest BCUT2D eigenvalue weighted by Crippen LogP contribution is 2.29. The quantitative estimate of drug-likeness (QED) is 0.878. The minimum absolute atomic E-state index is 0.114. The molecule has 15 heavy (non-hydrogen) atoms. The molecule has 1 aliphatic carbocycles. The van der Waals surface area contributed by atoms with Gasteiger partial charge in [0.1, 0.15) is 5.82 Å². The van der Waals surface area contributed by atoms with Crippen LogP contribution in [0.15, 0.2) is 22.7 Å². The van der Waals surface area contributed by atoms with Gasteiger partial charge in [0.15, 0.2) is 0 Å². The van der Waals surface area contributed by atoms with E-state index in [0.717, 1.165) is 29.3 Å². The van der Waals surface area contributed by atoms with Crippen LogP contribution in [-0.2, 0) is 6.42 Å². The fourth-order valence-electron chi connectivity index (χ4n) is 2.30. The first-order valence-corrected chi connectivity index (χ1v) is 6.15. The van der Waals surface area contributed by atoms with Crippen LogP contribution in [-0.4, -0.2) is 6.04 Å². The first kappa shape index (κ1) is 11.1. The molecule has 0 saturated heterocycles. The number of hydrogen-bond donors (Lipinski definition) is 1. The summed E-state index contributed by atoms with van der Waals surface area (Å²) >= 11 is 3.36. The summed E-state index contributed by atoms with van der Waals surface area (Å²) in [5.41, 5.74) is 6.76. The Labute approximate surface area is 98.0 Å². The lowest BCUT2D eigenvalue weighted by molar-refractivity contribution is 0.466. The highest BCUT2D eigenvalue weighted by atomic mass is 79.9. The predicted molar refractivity (Wildman–Crippen MR) is 63.1 cm³/mol. The summed E-state index contributed by atoms with van der Waals surface area (Å²) in [6, 6.07) is 5.36. The van der Waals surface area contributed by atoms with Crippen LogP contribution in [0.3, 0.4) is 0 Å². The third-order valence-electron chi connectivity index (χ3n) is 3.21. The van der Waals surface area contributed by atoms with Gasteiger partial charge in [0.05, 0.1) is 0 Å². The average Bonchev–Trinajstić information content (AvgIpc) is 2.58. The average molecular weight is 272 g/mol. The summed E-state index contributed by atoms with van der Waals surface area (Å²) in [4.78, 5) is 0. The second-order valence-electron chi connectivity index (χ2n) is 4.29. The monoisotopic (exact) mass is 271 g/mol. The van der Waals surface area contributed by atoms with Crippen LogP contribution in [0.1, 0.15) is 24.8 Å². The molecule has 1 fully saturated rings. The standard InChI is InChI=1S/C12H15BrFN/c13-10-4-5-11(14)9(7-10)6-8-2-1-3-12(8)15/h4-5,7-8,12H,1-3,6,15H2. The van der Waals surface area contributed by atoms with Gasteiger partial charge in [0.25, 0.3) is 0 Å². The number of nitrogens with two attached hydrogens (primary N) is 1. The molecule has 0 radical (unpaired) electrons. The van der Waals surface area contributed by atoms with E-state index < -0.39 is 0 Å². The SMILES string of the molecule is NC1CCCC1Cc1cc(Br)ccc1F. The second-order valence-corrected chi connectivity index (χ2v) is 5.21. The van der Waals surface area contributed by atoms with Gasteiger partial charge in [-0.25, -0.2) is 4.39 Å². The Balaban J connectivity index is 2.12. The van der Waals surface area contributed by atoms with Gasteiger partial charge < -0.3 is 5.73 Å². The smallest absolute Gasteiger partial charge is 0.126 e. The maximum Gasteiger partial charge on any atom is 0.126 e. The van der Waals surface area contributed by atoms with Gasteiger partial charge in [-0.15, -0.1) is 0 Å². The minimum Gasteiger partial charge on any atom is -0.327 e. The van der Waals surface area contributed by atoms with Crippen molar-refractivity contribution in [2.24, 2.45) is 11.7 Å². The maximum atomic E-state index is 13.5. The fraction of sp³-hybridized carbons (Fsp3) is 0.500. The Kier molecular flexibility index (Phi) is 3.42. The molecule has 0 aromatic heterocycles. The zero-order valence-corrected chi connectivity index (χ0v) is 10.1. The van der Waals surface area contributed by atoms with Crippen molar-refractivity contribution in [3.8, 4) is 0 Å². The third-order valence-corrected chi connectivity index (χ3v) is 3.70. The molecule has 2 unspecified atom stereocenters. The Morgan fingerprint density at radius 2 is 2.20 bits per heavy atom. The van der Waals surface area contributed by atoms with Crippen molar-refractivity contribution in [1.82, 2.24) is 0 Å². The molecule has 2 atom stereocenters. The number of hydrogen-bond acceptors (Lipinski definition) is 1. The summed E-state index contributed by atoms with van der Waals surface area (Å²) in [7, 11) is 0. The molecule has 1 aliphatic rings. The van der Waals surface area contributed by atoms with Crippen molar-refractivity contribution < 1.29 is 4.39 Å². The van der Waals surface area contributed by atoms with Gasteiger partial charge in [-0.2, -0.15) is 0 Å². The van der Waals surface area contributed by atoms with E-state index in [0.29, 0.717) is 5.92 Å². The molecule has 2 N–H and O–H groups in total. The van der Waals surface area contributed by atoms with Crippen LogP contribution in [0.4, 0.5) is 4.39 Å². The van der Waals surface area contributed by atoms with Crippen molar-refractivity contribution in [2.75, 3.05) is 0 Å². The van der Waals surface area contributed by atoms with E-state index in [-0.39, 0.29) is 11.9 Å². The third kappa shape index (κ3) is 2.58. The van der Waals surface area contributed by atoms with Crippen molar-refractivity contribution >= 4 is 15.9 Å². The predicted octanol–water partition coefficient (Wildman–Crippen LogP) is 3.26. The molecule has 0 heterocycles. The molecular formula is C12H15BrFN. The van der Waals surface area contributed by atoms with E-state index >= 15 is 0 Å². The maximum absolute atomic E-state index is 13.5. The van der Waals surface area contributed by atoms with Gasteiger partial charge in [0, 0.05) is 10.5 Å². The zero-order valence-electron chi connectivity index (χ0n) is 8.55. The normalized spacial score (nSPS) is 25.8. The molecule has 1 saturated carbocycles. The topological polar surface area (TPSA) is 26.0 Å². The van der Waals surface area contributed by atoms with Gasteiger partial charge in [-0.05, 0) is 48.9 Å². The van der Waals surface area contributed by atoms with E-state index in [1.165, 1.54) is 12.5 Å². The lowest BCUT2D eigenvalue weighted by Crippen LogP contribution is -2.26. The van der Waals surface area contributed by atoms with Gasteiger partial charge in [-0.1, -0.05) is 22.4 Å². The summed E-state index contributed by atoms with van der Waals surface area (Å²) in [5, 5.41) is 0. The molecule has 1 nitrogen and oxygen atoms in total. The Morgan fingerprint density at radius 1 is 1.40 bits per heavy atom. The van der Waals surface area contributed by atoms with Crippen LogP contribution >= 0.6 is 15.9 Å². The molecule has 0 amide bonds. The van der Waals surface area contributed by atoms with Crippen molar-refractivity contribution in [3.63, 3.8) is 0 Å². The van der Waals surface area contributed by atoms with Crippen LogP contribution in [0.5, 0.6) is 0 Å². The van der Waals surface area contributed by atoms with Gasteiger partial charge >= 0.3 is 0 Å². The molecule has 82 valence electrons. The van der Waals surface area contributed by atoms with Crippen LogP contribution in [0.25, 0.3) is 0 Å². The summed E-state index contributed by atoms with van der Waals surface area (Å²) < 4.78 is 14.4. The Bertz CT molecular complexity index is 353. The second kappa shape index (κ2) is 4.62. The number of halogens is 2. The molecular weight excluding hydrogens is 257 g/mol. The van der Waals surface area contributed by atoms with E-state index in [2.05, 4.69) is 15.9 Å². The fourth-order valence-corrected chi connectivity index (χ4v) is 2.71. The highest BCUT2D eigenvalue weighted by molar-refractivity contribution is 9.10. The summed E-state index contributed by atoms with van der Waals surface area (Å²) in [6.07, 6.45) is 4.17. The number of benzene rings is 1. The molecule has 3 heteroatoms. The van der Waals surface area contributed by atoms with Crippen molar-refractivity contribution in [1.29, 1.82) is 0 Å². The first-order valence-electron chi connectivity index (χ1n) is 5.36. The Hall–Kier alpha value is -0.410. The van der Waals surface area contributed by atoms with Gasteiger partial charge in [-0.3, -0.25) is 0 Å². The molecule has 1 aromatic rings. The van der Waals surface area contributed by atoms with Crippen LogP contribution in [0, 0.1) is 11.7 Å². The molecule has 1 aromatic carbocycles. The lowest BCUT2D eigenvalue weighted by Gasteiger charge is -2.15. The summed E-state index contributed by atoms with van der Waals surface area (Å²) in [6.45, 7) is 0. The minimum atomic E-state index is -0.114. The highest BCUT2D eigenvalue weighted by Gasteiger charge is 2.24. The van der Waals surface area contributed by atoms with Gasteiger partial charge in [0.2, 0.25) is 0 Å². The van der Waals surface area contributed by atoms with Crippen LogP contribution in [0.2, 0.25) is 0 Å². The Morgan fingerprint density at radius 3 is 2.87 bits per heavy atom. The molecule has 0 spiro atoms. The van der Waals surface area contributed by atoms with Crippen molar-refractivity contribution in [2.45, 2.75) is 31.7 Å². The zero-order chi connectivity index (χ0) is 10.8.